The van der Waals surface area contributed by atoms with E-state index in [-0.39, 0.29) is 11.4 Å². The molecule has 1 aliphatic rings. The van der Waals surface area contributed by atoms with Crippen LogP contribution in [0.15, 0.2) is 12.3 Å². The van der Waals surface area contributed by atoms with Crippen molar-refractivity contribution in [3.63, 3.8) is 0 Å². The van der Waals surface area contributed by atoms with Crippen LogP contribution in [-0.4, -0.2) is 34.3 Å². The molecule has 1 fully saturated rings. The Morgan fingerprint density at radius 3 is 2.94 bits per heavy atom. The zero-order valence-corrected chi connectivity index (χ0v) is 10.9. The Morgan fingerprint density at radius 1 is 1.67 bits per heavy atom. The maximum absolute atomic E-state index is 11.8. The van der Waals surface area contributed by atoms with Gasteiger partial charge in [-0.1, -0.05) is 0 Å². The van der Waals surface area contributed by atoms with Gasteiger partial charge in [0.1, 0.15) is 5.82 Å². The van der Waals surface area contributed by atoms with Gasteiger partial charge in [0.25, 0.3) is 0 Å². The van der Waals surface area contributed by atoms with Crippen LogP contribution in [0.3, 0.4) is 0 Å². The molecular weight excluding hydrogens is 230 g/mol. The Hall–Kier alpha value is -1.40. The lowest BCUT2D eigenvalue weighted by molar-refractivity contribution is -0.116. The van der Waals surface area contributed by atoms with E-state index in [1.807, 2.05) is 24.6 Å². The lowest BCUT2D eigenvalue weighted by atomic mass is 10.00. The van der Waals surface area contributed by atoms with Gasteiger partial charge in [0, 0.05) is 31.1 Å². The average molecular weight is 251 g/mol. The summed E-state index contributed by atoms with van der Waals surface area (Å²) in [6, 6.07) is 2.17. The van der Waals surface area contributed by atoms with Crippen molar-refractivity contribution in [3.8, 4) is 0 Å². The number of anilines is 1. The van der Waals surface area contributed by atoms with Crippen LogP contribution in [0.1, 0.15) is 32.7 Å². The topological polar surface area (TPSA) is 85.0 Å². The number of rotatable bonds is 5. The SMILES string of the molecule is CC(C)(N)CCC(=O)Nc1ccnn1C1CNC1. The van der Waals surface area contributed by atoms with Gasteiger partial charge in [-0.05, 0) is 20.3 Å². The quantitative estimate of drug-likeness (QED) is 0.710. The number of nitrogens with zero attached hydrogens (tertiary/aromatic N) is 2. The first kappa shape index (κ1) is 13.0. The van der Waals surface area contributed by atoms with Crippen molar-refractivity contribution < 1.29 is 4.79 Å². The fourth-order valence-corrected chi connectivity index (χ4v) is 1.79. The smallest absolute Gasteiger partial charge is 0.225 e. The molecule has 1 amide bonds. The van der Waals surface area contributed by atoms with E-state index in [9.17, 15) is 4.79 Å². The molecule has 6 nitrogen and oxygen atoms in total. The first-order valence-electron chi connectivity index (χ1n) is 6.29. The summed E-state index contributed by atoms with van der Waals surface area (Å²) >= 11 is 0. The summed E-state index contributed by atoms with van der Waals surface area (Å²) in [5.74, 6) is 0.754. The largest absolute Gasteiger partial charge is 0.326 e. The van der Waals surface area contributed by atoms with Gasteiger partial charge in [-0.25, -0.2) is 4.68 Å². The maximum atomic E-state index is 11.8. The Morgan fingerprint density at radius 2 is 2.39 bits per heavy atom. The minimum atomic E-state index is -0.310. The van der Waals surface area contributed by atoms with Crippen molar-refractivity contribution in [2.75, 3.05) is 18.4 Å². The standard InChI is InChI=1S/C12H21N5O/c1-12(2,13)5-3-11(18)16-10-4-6-15-17(10)9-7-14-8-9/h4,6,9,14H,3,5,7-8,13H2,1-2H3,(H,16,18). The Labute approximate surface area is 107 Å². The van der Waals surface area contributed by atoms with Crippen LogP contribution in [0, 0.1) is 0 Å². The van der Waals surface area contributed by atoms with Gasteiger partial charge in [-0.15, -0.1) is 0 Å². The number of hydrogen-bond acceptors (Lipinski definition) is 4. The van der Waals surface area contributed by atoms with E-state index in [0.717, 1.165) is 18.9 Å². The van der Waals surface area contributed by atoms with Crippen molar-refractivity contribution in [1.29, 1.82) is 0 Å². The molecule has 0 radical (unpaired) electrons. The molecule has 0 atom stereocenters. The van der Waals surface area contributed by atoms with E-state index >= 15 is 0 Å². The predicted molar refractivity (Wildman–Crippen MR) is 70.3 cm³/mol. The number of amides is 1. The van der Waals surface area contributed by atoms with E-state index in [4.69, 9.17) is 5.73 Å². The fourth-order valence-electron chi connectivity index (χ4n) is 1.79. The molecule has 6 heteroatoms. The monoisotopic (exact) mass is 251 g/mol. The molecule has 4 N–H and O–H groups in total. The normalized spacial score (nSPS) is 16.4. The second-order valence-electron chi connectivity index (χ2n) is 5.51. The van der Waals surface area contributed by atoms with E-state index in [2.05, 4.69) is 15.7 Å². The van der Waals surface area contributed by atoms with Crippen molar-refractivity contribution in [3.05, 3.63) is 12.3 Å². The molecule has 1 aliphatic heterocycles. The molecule has 0 aromatic carbocycles. The van der Waals surface area contributed by atoms with Gasteiger partial charge in [0.15, 0.2) is 0 Å². The highest BCUT2D eigenvalue weighted by Crippen LogP contribution is 2.18. The van der Waals surface area contributed by atoms with Crippen molar-refractivity contribution in [1.82, 2.24) is 15.1 Å². The molecule has 2 rings (SSSR count). The summed E-state index contributed by atoms with van der Waals surface area (Å²) in [7, 11) is 0. The van der Waals surface area contributed by atoms with E-state index in [1.165, 1.54) is 0 Å². The number of hydrogen-bond donors (Lipinski definition) is 3. The molecular formula is C12H21N5O. The Balaban J connectivity index is 1.89. The first-order valence-corrected chi connectivity index (χ1v) is 6.29. The van der Waals surface area contributed by atoms with Crippen LogP contribution in [0.25, 0.3) is 0 Å². The molecule has 0 spiro atoms. The Bertz CT molecular complexity index is 416. The summed E-state index contributed by atoms with van der Waals surface area (Å²) in [6.07, 6.45) is 2.80. The predicted octanol–water partition coefficient (Wildman–Crippen LogP) is 0.483. The summed E-state index contributed by atoms with van der Waals surface area (Å²) in [4.78, 5) is 11.8. The summed E-state index contributed by atoms with van der Waals surface area (Å²) in [6.45, 7) is 5.65. The van der Waals surface area contributed by atoms with Gasteiger partial charge < -0.3 is 16.4 Å². The van der Waals surface area contributed by atoms with Crippen molar-refractivity contribution in [2.24, 2.45) is 5.73 Å². The molecule has 18 heavy (non-hydrogen) atoms. The highest BCUT2D eigenvalue weighted by atomic mass is 16.1. The minimum absolute atomic E-state index is 0.0115. The van der Waals surface area contributed by atoms with E-state index in [0.29, 0.717) is 18.9 Å². The lowest BCUT2D eigenvalue weighted by Gasteiger charge is -2.28. The molecule has 0 aliphatic carbocycles. The number of nitrogens with two attached hydrogens (primary N) is 1. The zero-order chi connectivity index (χ0) is 13.2. The van der Waals surface area contributed by atoms with Crippen LogP contribution < -0.4 is 16.4 Å². The summed E-state index contributed by atoms with van der Waals surface area (Å²) in [5, 5.41) is 10.3. The number of aromatic nitrogens is 2. The van der Waals surface area contributed by atoms with Crippen LogP contribution in [0.2, 0.25) is 0 Å². The highest BCUT2D eigenvalue weighted by molar-refractivity contribution is 5.89. The third-order valence-corrected chi connectivity index (χ3v) is 3.04. The Kier molecular flexibility index (Phi) is 3.68. The van der Waals surface area contributed by atoms with Gasteiger partial charge in [-0.3, -0.25) is 4.79 Å². The van der Waals surface area contributed by atoms with Crippen LogP contribution >= 0.6 is 0 Å². The van der Waals surface area contributed by atoms with Gasteiger partial charge in [0.2, 0.25) is 5.91 Å². The first-order chi connectivity index (χ1) is 8.46. The number of carbonyl (C=O) groups is 1. The maximum Gasteiger partial charge on any atom is 0.225 e. The molecule has 1 saturated heterocycles. The summed E-state index contributed by atoms with van der Waals surface area (Å²) < 4.78 is 1.86. The molecule has 1 aromatic rings. The fraction of sp³-hybridized carbons (Fsp3) is 0.667. The van der Waals surface area contributed by atoms with Crippen molar-refractivity contribution >= 4 is 11.7 Å². The number of nitrogens with one attached hydrogen (secondary N) is 2. The molecule has 0 saturated carbocycles. The molecule has 100 valence electrons. The third kappa shape index (κ3) is 3.30. The molecule has 0 bridgehead atoms. The van der Waals surface area contributed by atoms with Gasteiger partial charge in [0.05, 0.1) is 12.2 Å². The summed E-state index contributed by atoms with van der Waals surface area (Å²) in [5.41, 5.74) is 5.55. The van der Waals surface area contributed by atoms with Gasteiger partial charge in [-0.2, -0.15) is 5.10 Å². The molecule has 2 heterocycles. The minimum Gasteiger partial charge on any atom is -0.326 e. The zero-order valence-electron chi connectivity index (χ0n) is 10.9. The van der Waals surface area contributed by atoms with Crippen molar-refractivity contribution in [2.45, 2.75) is 38.3 Å². The average Bonchev–Trinajstić information content (AvgIpc) is 2.60. The van der Waals surface area contributed by atoms with Crippen LogP contribution in [-0.2, 0) is 4.79 Å². The van der Waals surface area contributed by atoms with E-state index in [1.54, 1.807) is 6.20 Å². The molecule has 1 aromatic heterocycles. The van der Waals surface area contributed by atoms with Gasteiger partial charge >= 0.3 is 0 Å². The number of carbonyl (C=O) groups excluding carboxylic acids is 1. The lowest BCUT2D eigenvalue weighted by Crippen LogP contribution is -2.44. The second-order valence-corrected chi connectivity index (χ2v) is 5.51. The van der Waals surface area contributed by atoms with Crippen LogP contribution in [0.4, 0.5) is 5.82 Å². The highest BCUT2D eigenvalue weighted by Gasteiger charge is 2.22. The van der Waals surface area contributed by atoms with E-state index < -0.39 is 0 Å². The third-order valence-electron chi connectivity index (χ3n) is 3.04. The van der Waals surface area contributed by atoms with Crippen LogP contribution in [0.5, 0.6) is 0 Å². The second kappa shape index (κ2) is 5.07. The molecule has 0 unspecified atom stereocenters.